The van der Waals surface area contributed by atoms with Gasteiger partial charge in [-0.2, -0.15) is 0 Å². The third-order valence-corrected chi connectivity index (χ3v) is 3.08. The van der Waals surface area contributed by atoms with Crippen molar-refractivity contribution in [3.05, 3.63) is 35.5 Å². The zero-order chi connectivity index (χ0) is 12.0. The molecular weight excluding hydrogens is 196 g/mol. The smallest absolute Gasteiger partial charge is 0.0431 e. The van der Waals surface area contributed by atoms with E-state index in [9.17, 15) is 0 Å². The average molecular weight is 220 g/mol. The Bertz CT molecular complexity index is 305. The van der Waals surface area contributed by atoms with Crippen LogP contribution in [0.5, 0.6) is 0 Å². The molecule has 1 aliphatic carbocycles. The Morgan fingerprint density at radius 2 is 1.69 bits per heavy atom. The maximum Gasteiger partial charge on any atom is 0.0431 e. The summed E-state index contributed by atoms with van der Waals surface area (Å²) < 4.78 is 0. The van der Waals surface area contributed by atoms with Gasteiger partial charge in [0.2, 0.25) is 0 Å². The van der Waals surface area contributed by atoms with Crippen molar-refractivity contribution in [2.45, 2.75) is 46.5 Å². The molecule has 0 unspecified atom stereocenters. The van der Waals surface area contributed by atoms with E-state index in [4.69, 9.17) is 5.11 Å². The number of rotatable bonds is 5. The summed E-state index contributed by atoms with van der Waals surface area (Å²) >= 11 is 0. The van der Waals surface area contributed by atoms with E-state index in [0.717, 1.165) is 25.7 Å². The van der Waals surface area contributed by atoms with Gasteiger partial charge < -0.3 is 5.11 Å². The molecule has 0 aromatic carbocycles. The Labute approximate surface area is 99.6 Å². The van der Waals surface area contributed by atoms with Crippen LogP contribution in [0.1, 0.15) is 46.5 Å². The Hall–Kier alpha value is -0.820. The van der Waals surface area contributed by atoms with Crippen LogP contribution in [0.3, 0.4) is 0 Å². The largest absolute Gasteiger partial charge is 0.396 e. The van der Waals surface area contributed by atoms with Gasteiger partial charge in [-0.3, -0.25) is 0 Å². The molecule has 90 valence electrons. The minimum atomic E-state index is 0.166. The lowest BCUT2D eigenvalue weighted by Crippen LogP contribution is -2.00. The van der Waals surface area contributed by atoms with Gasteiger partial charge in [-0.15, -0.1) is 0 Å². The van der Waals surface area contributed by atoms with Crippen LogP contribution in [0.25, 0.3) is 0 Å². The van der Waals surface area contributed by atoms with E-state index >= 15 is 0 Å². The number of aliphatic hydroxyl groups excluding tert-OH is 1. The SMILES string of the molecule is CCC1=C(CCCCO)C=CC(C)(C)C=C1. The first-order valence-electron chi connectivity index (χ1n) is 6.30. The highest BCUT2D eigenvalue weighted by Crippen LogP contribution is 2.28. The van der Waals surface area contributed by atoms with E-state index in [0.29, 0.717) is 6.61 Å². The van der Waals surface area contributed by atoms with E-state index in [2.05, 4.69) is 45.1 Å². The van der Waals surface area contributed by atoms with Gasteiger partial charge in [0.25, 0.3) is 0 Å². The van der Waals surface area contributed by atoms with Crippen LogP contribution in [0, 0.1) is 5.41 Å². The normalized spacial score (nSPS) is 19.0. The quantitative estimate of drug-likeness (QED) is 0.694. The van der Waals surface area contributed by atoms with Crippen molar-refractivity contribution in [3.63, 3.8) is 0 Å². The Kier molecular flexibility index (Phi) is 5.01. The molecule has 1 aliphatic rings. The first-order valence-corrected chi connectivity index (χ1v) is 6.30. The summed E-state index contributed by atoms with van der Waals surface area (Å²) in [6, 6.07) is 0. The summed E-state index contributed by atoms with van der Waals surface area (Å²) in [7, 11) is 0. The van der Waals surface area contributed by atoms with Gasteiger partial charge in [-0.1, -0.05) is 45.1 Å². The van der Waals surface area contributed by atoms with Gasteiger partial charge >= 0.3 is 0 Å². The molecule has 0 amide bonds. The zero-order valence-corrected chi connectivity index (χ0v) is 10.8. The summed E-state index contributed by atoms with van der Waals surface area (Å²) in [6.45, 7) is 6.96. The van der Waals surface area contributed by atoms with E-state index < -0.39 is 0 Å². The van der Waals surface area contributed by atoms with Crippen molar-refractivity contribution in [1.29, 1.82) is 0 Å². The Balaban J connectivity index is 2.76. The van der Waals surface area contributed by atoms with Crippen molar-refractivity contribution in [2.24, 2.45) is 5.41 Å². The second-order valence-corrected chi connectivity index (χ2v) is 5.07. The molecule has 1 nitrogen and oxygen atoms in total. The van der Waals surface area contributed by atoms with Crippen LogP contribution in [0.4, 0.5) is 0 Å². The Morgan fingerprint density at radius 1 is 1.06 bits per heavy atom. The fourth-order valence-electron chi connectivity index (χ4n) is 1.92. The monoisotopic (exact) mass is 220 g/mol. The lowest BCUT2D eigenvalue weighted by atomic mass is 9.93. The third kappa shape index (κ3) is 3.97. The molecule has 0 saturated carbocycles. The molecule has 0 atom stereocenters. The van der Waals surface area contributed by atoms with E-state index in [-0.39, 0.29) is 5.41 Å². The van der Waals surface area contributed by atoms with Gasteiger partial charge in [-0.25, -0.2) is 0 Å². The molecule has 1 heteroatoms. The minimum Gasteiger partial charge on any atom is -0.396 e. The third-order valence-electron chi connectivity index (χ3n) is 3.08. The van der Waals surface area contributed by atoms with Crippen LogP contribution in [-0.4, -0.2) is 11.7 Å². The molecular formula is C15H24O. The van der Waals surface area contributed by atoms with Crippen LogP contribution in [0.2, 0.25) is 0 Å². The number of unbranched alkanes of at least 4 members (excludes halogenated alkanes) is 1. The molecule has 1 rings (SSSR count). The van der Waals surface area contributed by atoms with Crippen molar-refractivity contribution in [3.8, 4) is 0 Å². The number of hydrogen-bond acceptors (Lipinski definition) is 1. The summed E-state index contributed by atoms with van der Waals surface area (Å²) in [4.78, 5) is 0. The highest BCUT2D eigenvalue weighted by molar-refractivity contribution is 5.38. The molecule has 0 aliphatic heterocycles. The van der Waals surface area contributed by atoms with Crippen LogP contribution >= 0.6 is 0 Å². The van der Waals surface area contributed by atoms with Crippen molar-refractivity contribution in [1.82, 2.24) is 0 Å². The van der Waals surface area contributed by atoms with E-state index in [1.165, 1.54) is 11.1 Å². The molecule has 0 bridgehead atoms. The zero-order valence-electron chi connectivity index (χ0n) is 10.8. The highest BCUT2D eigenvalue weighted by Gasteiger charge is 2.13. The summed E-state index contributed by atoms with van der Waals surface area (Å²) in [6.07, 6.45) is 13.3. The molecule has 0 aromatic heterocycles. The summed E-state index contributed by atoms with van der Waals surface area (Å²) in [5.74, 6) is 0. The van der Waals surface area contributed by atoms with E-state index in [1.54, 1.807) is 0 Å². The highest BCUT2D eigenvalue weighted by atomic mass is 16.2. The molecule has 0 radical (unpaired) electrons. The average Bonchev–Trinajstić information content (AvgIpc) is 2.39. The van der Waals surface area contributed by atoms with Crippen LogP contribution < -0.4 is 0 Å². The molecule has 0 spiro atoms. The first-order chi connectivity index (χ1) is 7.59. The fourth-order valence-corrected chi connectivity index (χ4v) is 1.92. The summed E-state index contributed by atoms with van der Waals surface area (Å²) in [5.41, 5.74) is 3.05. The summed E-state index contributed by atoms with van der Waals surface area (Å²) in [5, 5.41) is 8.81. The van der Waals surface area contributed by atoms with Crippen molar-refractivity contribution in [2.75, 3.05) is 6.61 Å². The number of allylic oxidation sites excluding steroid dienone is 6. The predicted octanol–water partition coefficient (Wildman–Crippen LogP) is 4.01. The lowest BCUT2D eigenvalue weighted by molar-refractivity contribution is 0.284. The van der Waals surface area contributed by atoms with Gasteiger partial charge in [-0.05, 0) is 36.8 Å². The minimum absolute atomic E-state index is 0.166. The van der Waals surface area contributed by atoms with Gasteiger partial charge in [0, 0.05) is 12.0 Å². The van der Waals surface area contributed by atoms with Crippen molar-refractivity contribution < 1.29 is 5.11 Å². The maximum atomic E-state index is 8.81. The van der Waals surface area contributed by atoms with Gasteiger partial charge in [0.05, 0.1) is 0 Å². The second kappa shape index (κ2) is 6.05. The standard InChI is InChI=1S/C15H24O/c1-4-13-8-10-15(2,3)11-9-14(13)7-5-6-12-16/h8-11,16H,4-7,12H2,1-3H3. The predicted molar refractivity (Wildman–Crippen MR) is 70.3 cm³/mol. The van der Waals surface area contributed by atoms with Crippen LogP contribution in [-0.2, 0) is 0 Å². The number of aliphatic hydroxyl groups is 1. The van der Waals surface area contributed by atoms with Gasteiger partial charge in [0.15, 0.2) is 0 Å². The van der Waals surface area contributed by atoms with Crippen molar-refractivity contribution >= 4 is 0 Å². The topological polar surface area (TPSA) is 20.2 Å². The van der Waals surface area contributed by atoms with Gasteiger partial charge in [0.1, 0.15) is 0 Å². The maximum absolute atomic E-state index is 8.81. The molecule has 0 aromatic rings. The van der Waals surface area contributed by atoms with E-state index in [1.807, 2.05) is 0 Å². The number of hydrogen-bond donors (Lipinski definition) is 1. The second-order valence-electron chi connectivity index (χ2n) is 5.07. The molecule has 0 fully saturated rings. The van der Waals surface area contributed by atoms with Crippen LogP contribution in [0.15, 0.2) is 35.5 Å². The Morgan fingerprint density at radius 3 is 2.25 bits per heavy atom. The molecule has 16 heavy (non-hydrogen) atoms. The molecule has 0 saturated heterocycles. The first kappa shape index (κ1) is 13.2. The lowest BCUT2D eigenvalue weighted by Gasteiger charge is -2.12. The molecule has 1 N–H and O–H groups in total. The molecule has 0 heterocycles. The fraction of sp³-hybridized carbons (Fsp3) is 0.600.